The van der Waals surface area contributed by atoms with Gasteiger partial charge in [-0.25, -0.2) is 0 Å². The number of rotatable bonds is 5. The van der Waals surface area contributed by atoms with Crippen molar-refractivity contribution in [3.8, 4) is 5.75 Å². The van der Waals surface area contributed by atoms with E-state index in [1.54, 1.807) is 0 Å². The SMILES string of the molecule is Cc1ccccc1OC[C@H](C)NC(=S)Nc1ccc(Br)cc1. The van der Waals surface area contributed by atoms with Crippen molar-refractivity contribution in [2.45, 2.75) is 19.9 Å². The smallest absolute Gasteiger partial charge is 0.171 e. The van der Waals surface area contributed by atoms with Crippen LogP contribution < -0.4 is 15.4 Å². The number of para-hydroxylation sites is 1. The molecule has 0 aliphatic heterocycles. The summed E-state index contributed by atoms with van der Waals surface area (Å²) in [5.74, 6) is 0.905. The maximum Gasteiger partial charge on any atom is 0.171 e. The predicted octanol–water partition coefficient (Wildman–Crippen LogP) is 4.51. The van der Waals surface area contributed by atoms with Crippen LogP contribution in [0.4, 0.5) is 5.69 Å². The largest absolute Gasteiger partial charge is 0.491 e. The van der Waals surface area contributed by atoms with E-state index in [2.05, 4.69) is 26.6 Å². The highest BCUT2D eigenvalue weighted by molar-refractivity contribution is 9.10. The minimum Gasteiger partial charge on any atom is -0.491 e. The summed E-state index contributed by atoms with van der Waals surface area (Å²) in [5, 5.41) is 6.96. The van der Waals surface area contributed by atoms with E-state index < -0.39 is 0 Å². The fourth-order valence-corrected chi connectivity index (χ4v) is 2.48. The number of nitrogens with one attached hydrogen (secondary N) is 2. The van der Waals surface area contributed by atoms with E-state index >= 15 is 0 Å². The van der Waals surface area contributed by atoms with Gasteiger partial charge in [-0.05, 0) is 62.0 Å². The third kappa shape index (κ3) is 5.31. The molecule has 2 aromatic carbocycles. The summed E-state index contributed by atoms with van der Waals surface area (Å²) < 4.78 is 6.85. The van der Waals surface area contributed by atoms with Crippen LogP contribution in [0.1, 0.15) is 12.5 Å². The molecule has 3 nitrogen and oxygen atoms in total. The van der Waals surface area contributed by atoms with Crippen molar-refractivity contribution in [2.24, 2.45) is 0 Å². The molecule has 0 aliphatic carbocycles. The van der Waals surface area contributed by atoms with Gasteiger partial charge in [0.15, 0.2) is 5.11 Å². The van der Waals surface area contributed by atoms with Crippen LogP contribution in [-0.4, -0.2) is 17.8 Å². The first-order valence-electron chi connectivity index (χ1n) is 7.06. The van der Waals surface area contributed by atoms with Crippen molar-refractivity contribution >= 4 is 38.9 Å². The average Bonchev–Trinajstić information content (AvgIpc) is 2.49. The van der Waals surface area contributed by atoms with Gasteiger partial charge in [-0.15, -0.1) is 0 Å². The second-order valence-electron chi connectivity index (χ2n) is 5.08. The van der Waals surface area contributed by atoms with Gasteiger partial charge in [0.05, 0.1) is 6.04 Å². The quantitative estimate of drug-likeness (QED) is 0.749. The molecule has 0 spiro atoms. The molecular formula is C17H19BrN2OS. The summed E-state index contributed by atoms with van der Waals surface area (Å²) in [6.07, 6.45) is 0. The standard InChI is InChI=1S/C17H19BrN2OS/c1-12-5-3-4-6-16(12)21-11-13(2)19-17(22)20-15-9-7-14(18)8-10-15/h3-10,13H,11H2,1-2H3,(H2,19,20,22)/t13-/m0/s1. The molecule has 0 aliphatic rings. The number of aryl methyl sites for hydroxylation is 1. The highest BCUT2D eigenvalue weighted by atomic mass is 79.9. The summed E-state index contributed by atoms with van der Waals surface area (Å²) in [6, 6.07) is 16.0. The molecule has 0 saturated heterocycles. The third-order valence-corrected chi connectivity index (χ3v) is 3.81. The van der Waals surface area contributed by atoms with Gasteiger partial charge in [0.25, 0.3) is 0 Å². The molecule has 2 rings (SSSR count). The zero-order valence-corrected chi connectivity index (χ0v) is 15.0. The topological polar surface area (TPSA) is 33.3 Å². The molecule has 0 unspecified atom stereocenters. The van der Waals surface area contributed by atoms with Crippen LogP contribution in [0.3, 0.4) is 0 Å². The van der Waals surface area contributed by atoms with Crippen LogP contribution in [0.2, 0.25) is 0 Å². The number of thiocarbonyl (C=S) groups is 1. The van der Waals surface area contributed by atoms with Crippen LogP contribution in [0.15, 0.2) is 53.0 Å². The predicted molar refractivity (Wildman–Crippen MR) is 99.6 cm³/mol. The Hall–Kier alpha value is -1.59. The number of halogens is 1. The molecule has 116 valence electrons. The number of hydrogen-bond acceptors (Lipinski definition) is 2. The lowest BCUT2D eigenvalue weighted by Gasteiger charge is -2.18. The third-order valence-electron chi connectivity index (χ3n) is 3.06. The molecule has 5 heteroatoms. The first kappa shape index (κ1) is 16.8. The van der Waals surface area contributed by atoms with E-state index in [4.69, 9.17) is 17.0 Å². The normalized spacial score (nSPS) is 11.6. The molecule has 2 aromatic rings. The van der Waals surface area contributed by atoms with Crippen molar-refractivity contribution in [1.82, 2.24) is 5.32 Å². The van der Waals surface area contributed by atoms with Gasteiger partial charge in [0.2, 0.25) is 0 Å². The first-order valence-corrected chi connectivity index (χ1v) is 8.26. The van der Waals surface area contributed by atoms with Crippen LogP contribution >= 0.6 is 28.1 Å². The van der Waals surface area contributed by atoms with Gasteiger partial charge in [-0.3, -0.25) is 0 Å². The maximum absolute atomic E-state index is 5.81. The zero-order valence-electron chi connectivity index (χ0n) is 12.6. The highest BCUT2D eigenvalue weighted by Crippen LogP contribution is 2.16. The van der Waals surface area contributed by atoms with Gasteiger partial charge in [0.1, 0.15) is 12.4 Å². The molecule has 0 saturated carbocycles. The minimum absolute atomic E-state index is 0.107. The molecule has 0 radical (unpaired) electrons. The summed E-state index contributed by atoms with van der Waals surface area (Å²) in [6.45, 7) is 4.62. The zero-order chi connectivity index (χ0) is 15.9. The van der Waals surface area contributed by atoms with Crippen molar-refractivity contribution in [3.05, 3.63) is 58.6 Å². The van der Waals surface area contributed by atoms with Gasteiger partial charge < -0.3 is 15.4 Å². The van der Waals surface area contributed by atoms with Gasteiger partial charge in [0, 0.05) is 10.2 Å². The van der Waals surface area contributed by atoms with E-state index in [0.29, 0.717) is 11.7 Å². The van der Waals surface area contributed by atoms with Crippen molar-refractivity contribution in [1.29, 1.82) is 0 Å². The second kappa shape index (κ2) is 8.15. The van der Waals surface area contributed by atoms with Gasteiger partial charge in [-0.1, -0.05) is 34.1 Å². The Morgan fingerprint density at radius 2 is 1.86 bits per heavy atom. The van der Waals surface area contributed by atoms with Gasteiger partial charge in [-0.2, -0.15) is 0 Å². The minimum atomic E-state index is 0.107. The Bertz CT molecular complexity index is 631. The maximum atomic E-state index is 5.81. The Morgan fingerprint density at radius 3 is 2.55 bits per heavy atom. The Balaban J connectivity index is 1.79. The molecule has 0 heterocycles. The van der Waals surface area contributed by atoms with E-state index in [9.17, 15) is 0 Å². The van der Waals surface area contributed by atoms with Crippen LogP contribution in [0, 0.1) is 6.92 Å². The van der Waals surface area contributed by atoms with E-state index in [1.807, 2.05) is 62.4 Å². The molecular weight excluding hydrogens is 360 g/mol. The summed E-state index contributed by atoms with van der Waals surface area (Å²) in [4.78, 5) is 0. The van der Waals surface area contributed by atoms with E-state index in [0.717, 1.165) is 21.5 Å². The monoisotopic (exact) mass is 378 g/mol. The fourth-order valence-electron chi connectivity index (χ4n) is 1.90. The highest BCUT2D eigenvalue weighted by Gasteiger charge is 2.06. The molecule has 0 aromatic heterocycles. The van der Waals surface area contributed by atoms with Crippen molar-refractivity contribution < 1.29 is 4.74 Å². The Kier molecular flexibility index (Phi) is 6.21. The molecule has 1 atom stereocenters. The van der Waals surface area contributed by atoms with Crippen LogP contribution in [0.5, 0.6) is 5.75 Å². The number of hydrogen-bond donors (Lipinski definition) is 2. The molecule has 2 N–H and O–H groups in total. The van der Waals surface area contributed by atoms with E-state index in [1.165, 1.54) is 0 Å². The lowest BCUT2D eigenvalue weighted by molar-refractivity contribution is 0.285. The Labute approximate surface area is 145 Å². The molecule has 0 fully saturated rings. The lowest BCUT2D eigenvalue weighted by atomic mass is 10.2. The van der Waals surface area contributed by atoms with E-state index in [-0.39, 0.29) is 6.04 Å². The molecule has 0 amide bonds. The van der Waals surface area contributed by atoms with Gasteiger partial charge >= 0.3 is 0 Å². The van der Waals surface area contributed by atoms with Crippen LogP contribution in [0.25, 0.3) is 0 Å². The fraction of sp³-hybridized carbons (Fsp3) is 0.235. The number of benzene rings is 2. The average molecular weight is 379 g/mol. The number of anilines is 1. The molecule has 22 heavy (non-hydrogen) atoms. The second-order valence-corrected chi connectivity index (χ2v) is 6.41. The molecule has 0 bridgehead atoms. The summed E-state index contributed by atoms with van der Waals surface area (Å²) in [5.41, 5.74) is 2.08. The van der Waals surface area contributed by atoms with Crippen LogP contribution in [-0.2, 0) is 0 Å². The first-order chi connectivity index (χ1) is 10.5. The Morgan fingerprint density at radius 1 is 1.18 bits per heavy atom. The van der Waals surface area contributed by atoms with Crippen molar-refractivity contribution in [2.75, 3.05) is 11.9 Å². The lowest BCUT2D eigenvalue weighted by Crippen LogP contribution is -2.39. The summed E-state index contributed by atoms with van der Waals surface area (Å²) >= 11 is 8.72. The number of ether oxygens (including phenoxy) is 1. The summed E-state index contributed by atoms with van der Waals surface area (Å²) in [7, 11) is 0. The van der Waals surface area contributed by atoms with Crippen molar-refractivity contribution in [3.63, 3.8) is 0 Å².